The molecule has 0 spiro atoms. The predicted octanol–water partition coefficient (Wildman–Crippen LogP) is 2.06. The number of rotatable bonds is 4. The molecule has 0 amide bonds. The molecule has 1 aromatic heterocycles. The van der Waals surface area contributed by atoms with Crippen molar-refractivity contribution >= 4 is 11.6 Å². The third-order valence-electron chi connectivity index (χ3n) is 5.73. The third-order valence-corrected chi connectivity index (χ3v) is 5.73. The van der Waals surface area contributed by atoms with E-state index in [4.69, 9.17) is 4.42 Å². The Labute approximate surface area is 191 Å². The maximum absolute atomic E-state index is 13.8. The van der Waals surface area contributed by atoms with Gasteiger partial charge in [0.15, 0.2) is 11.6 Å². The fraction of sp³-hybridized carbons (Fsp3) is 0.208. The molecule has 1 aliphatic carbocycles. The molecular weight excluding hydrogens is 448 g/mol. The zero-order valence-corrected chi connectivity index (χ0v) is 17.8. The van der Waals surface area contributed by atoms with E-state index in [1.54, 1.807) is 0 Å². The summed E-state index contributed by atoms with van der Waals surface area (Å²) in [6.45, 7) is 1.24. The number of aliphatic hydroxyl groups is 1. The van der Waals surface area contributed by atoms with E-state index in [2.05, 4.69) is 0 Å². The van der Waals surface area contributed by atoms with E-state index >= 15 is 0 Å². The fourth-order valence-electron chi connectivity index (χ4n) is 4.47. The minimum Gasteiger partial charge on any atom is -0.508 e. The Balaban J connectivity index is 1.90. The molecule has 1 heterocycles. The minimum atomic E-state index is -1.96. The van der Waals surface area contributed by atoms with Crippen molar-refractivity contribution in [2.24, 2.45) is 0 Å². The molecular formula is C24H20O10. The molecule has 6 N–H and O–H groups in total. The predicted molar refractivity (Wildman–Crippen MR) is 116 cm³/mol. The Morgan fingerprint density at radius 2 is 1.56 bits per heavy atom. The van der Waals surface area contributed by atoms with Crippen molar-refractivity contribution in [2.75, 3.05) is 0 Å². The number of carbonyl (C=O) groups excluding carboxylic acids is 2. The highest BCUT2D eigenvalue weighted by Gasteiger charge is 2.48. The summed E-state index contributed by atoms with van der Waals surface area (Å²) in [6.07, 6.45) is -0.830. The largest absolute Gasteiger partial charge is 0.508 e. The number of phenols is 4. The van der Waals surface area contributed by atoms with Crippen LogP contribution in [0.5, 0.6) is 28.7 Å². The standard InChI is InChI=1S/C24H20O10/c1-24(33)9-18(30)21-15(5-13(27)7-17(21)29)22(24)23(32)20-10(2-11(25)6-16(20)28)3-14-4-12(26)8-19(31)34-14/h2,4-8,22,25-29,33H,3,9H2,1H3/t22-,24+/m1/s1. The van der Waals surface area contributed by atoms with Gasteiger partial charge in [0.1, 0.15) is 34.5 Å². The van der Waals surface area contributed by atoms with E-state index in [-0.39, 0.29) is 34.4 Å². The van der Waals surface area contributed by atoms with Gasteiger partial charge in [-0.05, 0) is 30.2 Å². The summed E-state index contributed by atoms with van der Waals surface area (Å²) in [5.41, 5.74) is -3.54. The molecule has 0 aliphatic heterocycles. The van der Waals surface area contributed by atoms with Crippen molar-refractivity contribution in [2.45, 2.75) is 31.3 Å². The lowest BCUT2D eigenvalue weighted by molar-refractivity contribution is 0.0190. The Morgan fingerprint density at radius 3 is 2.24 bits per heavy atom. The maximum Gasteiger partial charge on any atom is 0.339 e. The first-order chi connectivity index (χ1) is 15.9. The highest BCUT2D eigenvalue weighted by Crippen LogP contribution is 2.47. The molecule has 3 aromatic rings. The van der Waals surface area contributed by atoms with Crippen LogP contribution >= 0.6 is 0 Å². The first-order valence-corrected chi connectivity index (χ1v) is 10.1. The number of hydrogen-bond donors (Lipinski definition) is 6. The molecule has 0 radical (unpaired) electrons. The van der Waals surface area contributed by atoms with Crippen molar-refractivity contribution in [3.63, 3.8) is 0 Å². The van der Waals surface area contributed by atoms with Crippen molar-refractivity contribution < 1.29 is 44.6 Å². The van der Waals surface area contributed by atoms with Gasteiger partial charge in [-0.25, -0.2) is 4.79 Å². The van der Waals surface area contributed by atoms with Crippen LogP contribution < -0.4 is 5.63 Å². The van der Waals surface area contributed by atoms with Crippen LogP contribution in [-0.2, 0) is 6.42 Å². The van der Waals surface area contributed by atoms with Crippen LogP contribution in [0.25, 0.3) is 0 Å². The zero-order chi connectivity index (χ0) is 24.9. The molecule has 4 rings (SSSR count). The van der Waals surface area contributed by atoms with Gasteiger partial charge in [-0.2, -0.15) is 0 Å². The lowest BCUT2D eigenvalue weighted by Crippen LogP contribution is -2.44. The van der Waals surface area contributed by atoms with Crippen LogP contribution in [0.4, 0.5) is 0 Å². The number of ketones is 2. The smallest absolute Gasteiger partial charge is 0.339 e. The van der Waals surface area contributed by atoms with Gasteiger partial charge in [0.05, 0.1) is 28.7 Å². The topological polar surface area (TPSA) is 186 Å². The Kier molecular flexibility index (Phi) is 5.33. The lowest BCUT2D eigenvalue weighted by atomic mass is 9.68. The summed E-state index contributed by atoms with van der Waals surface area (Å²) in [4.78, 5) is 37.9. The molecule has 176 valence electrons. The molecule has 0 unspecified atom stereocenters. The number of carbonyl (C=O) groups is 2. The van der Waals surface area contributed by atoms with E-state index in [1.165, 1.54) is 6.92 Å². The number of fused-ring (bicyclic) bond motifs is 1. The molecule has 10 nitrogen and oxygen atoms in total. The first kappa shape index (κ1) is 22.9. The Bertz CT molecular complexity index is 1400. The molecule has 34 heavy (non-hydrogen) atoms. The van der Waals surface area contributed by atoms with Crippen molar-refractivity contribution in [1.82, 2.24) is 0 Å². The van der Waals surface area contributed by atoms with Crippen LogP contribution in [0.2, 0.25) is 0 Å². The summed E-state index contributed by atoms with van der Waals surface area (Å²) >= 11 is 0. The quantitative estimate of drug-likeness (QED) is 0.310. The van der Waals surface area contributed by atoms with Crippen molar-refractivity contribution in [3.05, 3.63) is 74.8 Å². The third kappa shape index (κ3) is 3.95. The number of Topliss-reactive ketones (excluding diaryl/α,β-unsaturated/α-hetero) is 2. The SMILES string of the molecule is C[C@]1(O)CC(=O)c2c(O)cc(O)cc2[C@@H]1C(=O)c1c(O)cc(O)cc1Cc1cc(O)cc(=O)o1. The number of benzene rings is 2. The van der Waals surface area contributed by atoms with E-state index < -0.39 is 63.9 Å². The van der Waals surface area contributed by atoms with Crippen LogP contribution in [-0.4, -0.2) is 47.8 Å². The molecule has 0 saturated heterocycles. The van der Waals surface area contributed by atoms with Gasteiger partial charge in [-0.15, -0.1) is 0 Å². The van der Waals surface area contributed by atoms with Crippen LogP contribution in [0.15, 0.2) is 45.6 Å². The monoisotopic (exact) mass is 468 g/mol. The van der Waals surface area contributed by atoms with E-state index in [9.17, 15) is 45.0 Å². The van der Waals surface area contributed by atoms with Gasteiger partial charge in [-0.1, -0.05) is 0 Å². The second-order valence-corrected chi connectivity index (χ2v) is 8.46. The molecule has 0 fully saturated rings. The molecule has 2 aromatic carbocycles. The number of aromatic hydroxyl groups is 5. The normalized spacial score (nSPS) is 19.6. The average Bonchev–Trinajstić information content (AvgIpc) is 2.64. The Hall–Kier alpha value is -4.31. The van der Waals surface area contributed by atoms with Gasteiger partial charge < -0.3 is 35.1 Å². The summed E-state index contributed by atoms with van der Waals surface area (Å²) in [5.74, 6) is -5.56. The van der Waals surface area contributed by atoms with Crippen LogP contribution in [0.3, 0.4) is 0 Å². The minimum absolute atomic E-state index is 0.00475. The van der Waals surface area contributed by atoms with Crippen LogP contribution in [0.1, 0.15) is 56.9 Å². The van der Waals surface area contributed by atoms with Crippen molar-refractivity contribution in [1.29, 1.82) is 0 Å². The number of phenolic OH excluding ortho intramolecular Hbond substituents is 4. The molecule has 2 atom stereocenters. The van der Waals surface area contributed by atoms with Gasteiger partial charge in [0.2, 0.25) is 0 Å². The molecule has 0 bridgehead atoms. The van der Waals surface area contributed by atoms with Crippen molar-refractivity contribution in [3.8, 4) is 28.7 Å². The molecule has 1 aliphatic rings. The first-order valence-electron chi connectivity index (χ1n) is 10.1. The number of hydrogen-bond acceptors (Lipinski definition) is 10. The Morgan fingerprint density at radius 1 is 0.941 bits per heavy atom. The van der Waals surface area contributed by atoms with E-state index in [1.807, 2.05) is 0 Å². The zero-order valence-electron chi connectivity index (χ0n) is 17.8. The highest BCUT2D eigenvalue weighted by molar-refractivity contribution is 6.11. The summed E-state index contributed by atoms with van der Waals surface area (Å²) in [5, 5.41) is 61.5. The maximum atomic E-state index is 13.8. The second-order valence-electron chi connectivity index (χ2n) is 8.46. The van der Waals surface area contributed by atoms with Gasteiger partial charge in [-0.3, -0.25) is 9.59 Å². The fourth-order valence-corrected chi connectivity index (χ4v) is 4.47. The van der Waals surface area contributed by atoms with Gasteiger partial charge in [0.25, 0.3) is 0 Å². The summed E-state index contributed by atoms with van der Waals surface area (Å²) < 4.78 is 5.01. The summed E-state index contributed by atoms with van der Waals surface area (Å²) in [7, 11) is 0. The van der Waals surface area contributed by atoms with Gasteiger partial charge >= 0.3 is 5.63 Å². The second kappa shape index (κ2) is 7.92. The van der Waals surface area contributed by atoms with E-state index in [0.29, 0.717) is 0 Å². The molecule has 0 saturated carbocycles. The lowest BCUT2D eigenvalue weighted by Gasteiger charge is -2.37. The van der Waals surface area contributed by atoms with Crippen LogP contribution in [0, 0.1) is 0 Å². The van der Waals surface area contributed by atoms with Gasteiger partial charge in [0, 0.05) is 31.0 Å². The highest BCUT2D eigenvalue weighted by atomic mass is 16.4. The average molecular weight is 468 g/mol. The summed E-state index contributed by atoms with van der Waals surface area (Å²) in [6, 6.07) is 6.01. The van der Waals surface area contributed by atoms with E-state index in [0.717, 1.165) is 36.4 Å². The molecule has 10 heteroatoms.